The summed E-state index contributed by atoms with van der Waals surface area (Å²) in [6.45, 7) is 5.32. The molecule has 1 saturated heterocycles. The van der Waals surface area contributed by atoms with E-state index in [0.717, 1.165) is 0 Å². The highest BCUT2D eigenvalue weighted by Crippen LogP contribution is 2.30. The predicted molar refractivity (Wildman–Crippen MR) is 52.3 cm³/mol. The normalized spacial score (nSPS) is 24.2. The Kier molecular flexibility index (Phi) is 4.50. The molecule has 0 amide bonds. The minimum atomic E-state index is -0.528. The highest BCUT2D eigenvalue weighted by atomic mass is 16.7. The van der Waals surface area contributed by atoms with Gasteiger partial charge in [0.15, 0.2) is 6.10 Å². The standard InChI is InChI=1S/C10H18O5/c1-10(2)6-14-9(11)8(10)15-7-13-5-4-12-3/h8H,4-7H2,1-3H3. The number of ether oxygens (including phenoxy) is 4. The molecule has 1 unspecified atom stereocenters. The first-order chi connectivity index (χ1) is 7.08. The minimum Gasteiger partial charge on any atom is -0.463 e. The Hall–Kier alpha value is -0.650. The second kappa shape index (κ2) is 5.44. The summed E-state index contributed by atoms with van der Waals surface area (Å²) in [5.41, 5.74) is -0.276. The first kappa shape index (κ1) is 12.4. The molecule has 0 radical (unpaired) electrons. The molecule has 0 aliphatic carbocycles. The van der Waals surface area contributed by atoms with Crippen LogP contribution in [0.4, 0.5) is 0 Å². The Morgan fingerprint density at radius 1 is 1.47 bits per heavy atom. The van der Waals surface area contributed by atoms with Crippen LogP contribution in [-0.2, 0) is 23.7 Å². The van der Waals surface area contributed by atoms with Gasteiger partial charge < -0.3 is 18.9 Å². The first-order valence-corrected chi connectivity index (χ1v) is 4.93. The first-order valence-electron chi connectivity index (χ1n) is 4.93. The zero-order valence-electron chi connectivity index (χ0n) is 9.45. The fourth-order valence-electron chi connectivity index (χ4n) is 1.34. The number of hydrogen-bond donors (Lipinski definition) is 0. The average Bonchev–Trinajstić information content (AvgIpc) is 2.43. The third-order valence-corrected chi connectivity index (χ3v) is 2.26. The number of esters is 1. The molecule has 1 aliphatic heterocycles. The molecule has 0 aromatic carbocycles. The maximum atomic E-state index is 11.3. The molecular formula is C10H18O5. The smallest absolute Gasteiger partial charge is 0.336 e. The lowest BCUT2D eigenvalue weighted by Crippen LogP contribution is -2.33. The summed E-state index contributed by atoms with van der Waals surface area (Å²) in [6.07, 6.45) is -0.528. The van der Waals surface area contributed by atoms with Gasteiger partial charge in [-0.05, 0) is 0 Å². The van der Waals surface area contributed by atoms with Crippen LogP contribution < -0.4 is 0 Å². The van der Waals surface area contributed by atoms with Gasteiger partial charge in [-0.15, -0.1) is 0 Å². The summed E-state index contributed by atoms with van der Waals surface area (Å²) in [7, 11) is 1.60. The predicted octanol–water partition coefficient (Wildman–Crippen LogP) is 0.575. The van der Waals surface area contributed by atoms with E-state index in [1.54, 1.807) is 7.11 Å². The number of methoxy groups -OCH3 is 1. The van der Waals surface area contributed by atoms with E-state index in [0.29, 0.717) is 19.8 Å². The van der Waals surface area contributed by atoms with Crippen molar-refractivity contribution in [3.8, 4) is 0 Å². The quantitative estimate of drug-likeness (QED) is 0.371. The second-order valence-electron chi connectivity index (χ2n) is 4.16. The van der Waals surface area contributed by atoms with Crippen molar-refractivity contribution < 1.29 is 23.7 Å². The van der Waals surface area contributed by atoms with E-state index in [4.69, 9.17) is 18.9 Å². The van der Waals surface area contributed by atoms with E-state index in [2.05, 4.69) is 0 Å². The van der Waals surface area contributed by atoms with Crippen molar-refractivity contribution in [3.63, 3.8) is 0 Å². The van der Waals surface area contributed by atoms with Gasteiger partial charge in [0.25, 0.3) is 0 Å². The van der Waals surface area contributed by atoms with Crippen LogP contribution in [0.1, 0.15) is 13.8 Å². The van der Waals surface area contributed by atoms with Gasteiger partial charge >= 0.3 is 5.97 Å². The van der Waals surface area contributed by atoms with E-state index in [9.17, 15) is 4.79 Å². The van der Waals surface area contributed by atoms with Crippen LogP contribution in [0, 0.1) is 5.41 Å². The molecular weight excluding hydrogens is 200 g/mol. The summed E-state index contributed by atoms with van der Waals surface area (Å²) in [5.74, 6) is -0.310. The van der Waals surface area contributed by atoms with Crippen molar-refractivity contribution >= 4 is 5.97 Å². The number of carbonyl (C=O) groups excluding carboxylic acids is 1. The SMILES string of the molecule is COCCOCOC1C(=O)OCC1(C)C. The van der Waals surface area contributed by atoms with Crippen molar-refractivity contribution in [2.75, 3.05) is 33.7 Å². The zero-order chi connectivity index (χ0) is 11.3. The Morgan fingerprint density at radius 2 is 2.20 bits per heavy atom. The molecule has 88 valence electrons. The summed E-state index contributed by atoms with van der Waals surface area (Å²) in [6, 6.07) is 0. The van der Waals surface area contributed by atoms with Crippen LogP contribution in [0.5, 0.6) is 0 Å². The maximum Gasteiger partial charge on any atom is 0.336 e. The van der Waals surface area contributed by atoms with Gasteiger partial charge in [-0.3, -0.25) is 0 Å². The molecule has 1 heterocycles. The third-order valence-electron chi connectivity index (χ3n) is 2.26. The lowest BCUT2D eigenvalue weighted by molar-refractivity contribution is -0.159. The summed E-state index contributed by atoms with van der Waals surface area (Å²) < 4.78 is 20.2. The number of carbonyl (C=O) groups is 1. The van der Waals surface area contributed by atoms with Crippen molar-refractivity contribution in [3.05, 3.63) is 0 Å². The molecule has 0 bridgehead atoms. The molecule has 5 nitrogen and oxygen atoms in total. The number of hydrogen-bond acceptors (Lipinski definition) is 5. The van der Waals surface area contributed by atoms with Crippen molar-refractivity contribution in [2.24, 2.45) is 5.41 Å². The Morgan fingerprint density at radius 3 is 2.73 bits per heavy atom. The molecule has 0 saturated carbocycles. The Balaban J connectivity index is 2.22. The largest absolute Gasteiger partial charge is 0.463 e. The Labute approximate surface area is 89.6 Å². The van der Waals surface area contributed by atoms with E-state index >= 15 is 0 Å². The van der Waals surface area contributed by atoms with Gasteiger partial charge in [0.2, 0.25) is 0 Å². The van der Waals surface area contributed by atoms with E-state index in [1.807, 2.05) is 13.8 Å². The summed E-state index contributed by atoms with van der Waals surface area (Å²) in [4.78, 5) is 11.3. The molecule has 1 aliphatic rings. The molecule has 0 aromatic heterocycles. The lowest BCUT2D eigenvalue weighted by Gasteiger charge is -2.21. The summed E-state index contributed by atoms with van der Waals surface area (Å²) in [5, 5.41) is 0. The molecule has 1 atom stereocenters. The zero-order valence-corrected chi connectivity index (χ0v) is 9.45. The van der Waals surface area contributed by atoms with Crippen molar-refractivity contribution in [1.82, 2.24) is 0 Å². The topological polar surface area (TPSA) is 54.0 Å². The van der Waals surface area contributed by atoms with Gasteiger partial charge in [0.05, 0.1) is 19.8 Å². The molecule has 0 aromatic rings. The Bertz CT molecular complexity index is 214. The van der Waals surface area contributed by atoms with Crippen LogP contribution in [0.2, 0.25) is 0 Å². The summed E-state index contributed by atoms with van der Waals surface area (Å²) >= 11 is 0. The number of rotatable bonds is 6. The highest BCUT2D eigenvalue weighted by molar-refractivity contribution is 5.77. The molecule has 0 N–H and O–H groups in total. The highest BCUT2D eigenvalue weighted by Gasteiger charge is 2.44. The second-order valence-corrected chi connectivity index (χ2v) is 4.16. The van der Waals surface area contributed by atoms with E-state index < -0.39 is 6.10 Å². The molecule has 5 heteroatoms. The van der Waals surface area contributed by atoms with Gasteiger partial charge in [-0.2, -0.15) is 0 Å². The molecule has 0 spiro atoms. The molecule has 1 rings (SSSR count). The third kappa shape index (κ3) is 3.44. The maximum absolute atomic E-state index is 11.3. The number of cyclic esters (lactones) is 1. The minimum absolute atomic E-state index is 0.0898. The van der Waals surface area contributed by atoms with E-state index in [1.165, 1.54) is 0 Å². The molecule has 15 heavy (non-hydrogen) atoms. The van der Waals surface area contributed by atoms with Crippen LogP contribution in [0.3, 0.4) is 0 Å². The van der Waals surface area contributed by atoms with Gasteiger partial charge in [-0.1, -0.05) is 13.8 Å². The van der Waals surface area contributed by atoms with Crippen LogP contribution in [0.25, 0.3) is 0 Å². The van der Waals surface area contributed by atoms with Crippen LogP contribution in [-0.4, -0.2) is 45.8 Å². The average molecular weight is 218 g/mol. The van der Waals surface area contributed by atoms with Gasteiger partial charge in [-0.25, -0.2) is 4.79 Å². The fraction of sp³-hybridized carbons (Fsp3) is 0.900. The fourth-order valence-corrected chi connectivity index (χ4v) is 1.34. The van der Waals surface area contributed by atoms with Crippen LogP contribution in [0.15, 0.2) is 0 Å². The van der Waals surface area contributed by atoms with Gasteiger partial charge in [0, 0.05) is 12.5 Å². The van der Waals surface area contributed by atoms with Crippen molar-refractivity contribution in [2.45, 2.75) is 20.0 Å². The van der Waals surface area contributed by atoms with Crippen molar-refractivity contribution in [1.29, 1.82) is 0 Å². The van der Waals surface area contributed by atoms with E-state index in [-0.39, 0.29) is 18.2 Å². The monoisotopic (exact) mass is 218 g/mol. The molecule has 1 fully saturated rings. The lowest BCUT2D eigenvalue weighted by atomic mass is 9.90. The van der Waals surface area contributed by atoms with Gasteiger partial charge in [0.1, 0.15) is 6.79 Å². The van der Waals surface area contributed by atoms with Crippen LogP contribution >= 0.6 is 0 Å².